The lowest BCUT2D eigenvalue weighted by Gasteiger charge is -2.14. The van der Waals surface area contributed by atoms with Crippen LogP contribution in [0, 0.1) is 0 Å². The summed E-state index contributed by atoms with van der Waals surface area (Å²) in [7, 11) is 0. The van der Waals surface area contributed by atoms with Gasteiger partial charge in [0, 0.05) is 16.6 Å². The zero-order valence-electron chi connectivity index (χ0n) is 11.7. The van der Waals surface area contributed by atoms with Crippen LogP contribution >= 0.6 is 15.9 Å². The molecule has 1 N–H and O–H groups in total. The van der Waals surface area contributed by atoms with Crippen LogP contribution in [0.2, 0.25) is 0 Å². The summed E-state index contributed by atoms with van der Waals surface area (Å²) in [6, 6.07) is 15.6. The molecule has 0 unspecified atom stereocenters. The summed E-state index contributed by atoms with van der Waals surface area (Å²) in [6.45, 7) is 4.24. The molecule has 0 spiro atoms. The number of nitrogens with one attached hydrogen (secondary N) is 1. The van der Waals surface area contributed by atoms with Crippen molar-refractivity contribution in [2.45, 2.75) is 25.1 Å². The summed E-state index contributed by atoms with van der Waals surface area (Å²) in [5, 5.41) is 3.69. The molecule has 0 saturated heterocycles. The van der Waals surface area contributed by atoms with Gasteiger partial charge in [-0.25, -0.2) is 0 Å². The van der Waals surface area contributed by atoms with Gasteiger partial charge in [-0.2, -0.15) is 0 Å². The van der Waals surface area contributed by atoms with Gasteiger partial charge in [0.15, 0.2) is 0 Å². The Balaban J connectivity index is 2.28. The highest BCUT2D eigenvalue weighted by Gasteiger charge is 2.13. The lowest BCUT2D eigenvalue weighted by molar-refractivity contribution is 0.102. The summed E-state index contributed by atoms with van der Waals surface area (Å²) in [6.07, 6.45) is 0. The Morgan fingerprint density at radius 3 is 2.45 bits per heavy atom. The van der Waals surface area contributed by atoms with Crippen LogP contribution in [-0.2, 0) is 5.33 Å². The number of hydrogen-bond acceptors (Lipinski definition) is 1. The van der Waals surface area contributed by atoms with Gasteiger partial charge in [-0.3, -0.25) is 4.79 Å². The van der Waals surface area contributed by atoms with Crippen molar-refractivity contribution in [1.29, 1.82) is 0 Å². The molecule has 2 aromatic rings. The van der Waals surface area contributed by atoms with Crippen LogP contribution in [0.3, 0.4) is 0 Å². The van der Waals surface area contributed by atoms with Crippen molar-refractivity contribution in [3.8, 4) is 0 Å². The average molecular weight is 332 g/mol. The number of carbonyl (C=O) groups is 1. The van der Waals surface area contributed by atoms with E-state index < -0.39 is 0 Å². The molecule has 0 aliphatic carbocycles. The normalized spacial score (nSPS) is 10.6. The second-order valence-electron chi connectivity index (χ2n) is 4.99. The van der Waals surface area contributed by atoms with Crippen molar-refractivity contribution < 1.29 is 4.79 Å². The van der Waals surface area contributed by atoms with E-state index in [2.05, 4.69) is 41.2 Å². The summed E-state index contributed by atoms with van der Waals surface area (Å²) in [5.41, 5.74) is 3.74. The molecule has 0 bridgehead atoms. The summed E-state index contributed by atoms with van der Waals surface area (Å²) < 4.78 is 0. The molecule has 0 aliphatic rings. The Hall–Kier alpha value is -1.61. The van der Waals surface area contributed by atoms with Gasteiger partial charge in [-0.05, 0) is 29.2 Å². The largest absolute Gasteiger partial charge is 0.322 e. The second-order valence-corrected chi connectivity index (χ2v) is 5.55. The Morgan fingerprint density at radius 2 is 1.75 bits per heavy atom. The van der Waals surface area contributed by atoms with Crippen LogP contribution < -0.4 is 5.32 Å². The smallest absolute Gasteiger partial charge is 0.255 e. The van der Waals surface area contributed by atoms with E-state index in [1.54, 1.807) is 0 Å². The molecule has 3 heteroatoms. The van der Waals surface area contributed by atoms with Crippen molar-refractivity contribution >= 4 is 27.5 Å². The van der Waals surface area contributed by atoms with Crippen LogP contribution in [-0.4, -0.2) is 5.91 Å². The van der Waals surface area contributed by atoms with Crippen molar-refractivity contribution in [3.63, 3.8) is 0 Å². The maximum absolute atomic E-state index is 12.4. The van der Waals surface area contributed by atoms with Gasteiger partial charge in [-0.1, -0.05) is 66.2 Å². The van der Waals surface area contributed by atoms with E-state index in [1.807, 2.05) is 42.5 Å². The number of para-hydroxylation sites is 1. The molecule has 20 heavy (non-hydrogen) atoms. The van der Waals surface area contributed by atoms with E-state index in [1.165, 1.54) is 0 Å². The van der Waals surface area contributed by atoms with Gasteiger partial charge in [0.25, 0.3) is 5.91 Å². The van der Waals surface area contributed by atoms with E-state index in [0.29, 0.717) is 16.8 Å². The van der Waals surface area contributed by atoms with Gasteiger partial charge in [0.2, 0.25) is 0 Å². The molecule has 0 aromatic heterocycles. The van der Waals surface area contributed by atoms with Crippen LogP contribution in [0.1, 0.15) is 41.3 Å². The molecule has 0 saturated carbocycles. The van der Waals surface area contributed by atoms with E-state index in [0.717, 1.165) is 16.8 Å². The van der Waals surface area contributed by atoms with Crippen molar-refractivity contribution in [2.75, 3.05) is 5.32 Å². The molecule has 0 fully saturated rings. The maximum Gasteiger partial charge on any atom is 0.255 e. The van der Waals surface area contributed by atoms with Gasteiger partial charge in [0.05, 0.1) is 0 Å². The highest BCUT2D eigenvalue weighted by atomic mass is 79.9. The van der Waals surface area contributed by atoms with Crippen LogP contribution in [0.4, 0.5) is 5.69 Å². The first-order valence-electron chi connectivity index (χ1n) is 6.67. The highest BCUT2D eigenvalue weighted by molar-refractivity contribution is 9.08. The lowest BCUT2D eigenvalue weighted by Crippen LogP contribution is -2.15. The average Bonchev–Trinajstić information content (AvgIpc) is 2.47. The fourth-order valence-corrected chi connectivity index (χ4v) is 2.65. The maximum atomic E-state index is 12.4. The number of halogens is 1. The molecule has 0 atom stereocenters. The third kappa shape index (κ3) is 3.28. The van der Waals surface area contributed by atoms with E-state index in [4.69, 9.17) is 0 Å². The number of rotatable bonds is 4. The molecule has 104 valence electrons. The van der Waals surface area contributed by atoms with Crippen LogP contribution in [0.5, 0.6) is 0 Å². The molecular weight excluding hydrogens is 314 g/mol. The predicted octanol–water partition coefficient (Wildman–Crippen LogP) is 4.96. The number of amides is 1. The fraction of sp³-hybridized carbons (Fsp3) is 0.235. The Labute approximate surface area is 128 Å². The zero-order valence-corrected chi connectivity index (χ0v) is 13.3. The summed E-state index contributed by atoms with van der Waals surface area (Å²) in [5.74, 6) is 0.311. The van der Waals surface area contributed by atoms with Gasteiger partial charge >= 0.3 is 0 Å². The molecule has 0 aliphatic heterocycles. The van der Waals surface area contributed by atoms with Crippen LogP contribution in [0.15, 0.2) is 48.5 Å². The minimum atomic E-state index is -0.0619. The molecule has 2 rings (SSSR count). The topological polar surface area (TPSA) is 29.1 Å². The SMILES string of the molecule is CC(C)c1ccccc1NC(=O)c1ccccc1CBr. The first kappa shape index (κ1) is 14.8. The summed E-state index contributed by atoms with van der Waals surface area (Å²) in [4.78, 5) is 12.4. The molecule has 2 aromatic carbocycles. The number of carbonyl (C=O) groups excluding carboxylic acids is 1. The van der Waals surface area contributed by atoms with E-state index >= 15 is 0 Å². The second kappa shape index (κ2) is 6.71. The van der Waals surface area contributed by atoms with Crippen LogP contribution in [0.25, 0.3) is 0 Å². The monoisotopic (exact) mass is 331 g/mol. The molecular formula is C17H18BrNO. The zero-order chi connectivity index (χ0) is 14.5. The molecule has 0 heterocycles. The third-order valence-electron chi connectivity index (χ3n) is 3.24. The molecule has 2 nitrogen and oxygen atoms in total. The van der Waals surface area contributed by atoms with Crippen molar-refractivity contribution in [2.24, 2.45) is 0 Å². The van der Waals surface area contributed by atoms with Gasteiger partial charge in [0.1, 0.15) is 0 Å². The van der Waals surface area contributed by atoms with E-state index in [9.17, 15) is 4.79 Å². The van der Waals surface area contributed by atoms with Gasteiger partial charge in [-0.15, -0.1) is 0 Å². The number of anilines is 1. The highest BCUT2D eigenvalue weighted by Crippen LogP contribution is 2.24. The first-order valence-corrected chi connectivity index (χ1v) is 7.79. The number of alkyl halides is 1. The fourth-order valence-electron chi connectivity index (χ4n) is 2.16. The lowest BCUT2D eigenvalue weighted by atomic mass is 10.0. The number of hydrogen-bond donors (Lipinski definition) is 1. The molecule has 0 radical (unpaired) electrons. The Bertz CT molecular complexity index is 607. The summed E-state index contributed by atoms with van der Waals surface area (Å²) >= 11 is 3.42. The first-order chi connectivity index (χ1) is 9.63. The van der Waals surface area contributed by atoms with Crippen molar-refractivity contribution in [3.05, 3.63) is 65.2 Å². The Morgan fingerprint density at radius 1 is 1.10 bits per heavy atom. The van der Waals surface area contributed by atoms with Crippen molar-refractivity contribution in [1.82, 2.24) is 0 Å². The molecule has 1 amide bonds. The minimum Gasteiger partial charge on any atom is -0.322 e. The minimum absolute atomic E-state index is 0.0619. The third-order valence-corrected chi connectivity index (χ3v) is 3.84. The van der Waals surface area contributed by atoms with E-state index in [-0.39, 0.29) is 5.91 Å². The standard InChI is InChI=1S/C17H18BrNO/c1-12(2)14-8-5-6-10-16(14)19-17(20)15-9-4-3-7-13(15)11-18/h3-10,12H,11H2,1-2H3,(H,19,20). The predicted molar refractivity (Wildman–Crippen MR) is 87.6 cm³/mol. The quantitative estimate of drug-likeness (QED) is 0.788. The number of benzene rings is 2. The Kier molecular flexibility index (Phi) is 4.96. The van der Waals surface area contributed by atoms with Gasteiger partial charge < -0.3 is 5.32 Å².